The minimum atomic E-state index is -1.15. The Kier molecular flexibility index (Phi) is 6.47. The molecule has 0 unspecified atom stereocenters. The van der Waals surface area contributed by atoms with Crippen molar-refractivity contribution in [2.24, 2.45) is 5.92 Å². The fourth-order valence-electron chi connectivity index (χ4n) is 5.61. The van der Waals surface area contributed by atoms with Crippen LogP contribution in [0.1, 0.15) is 42.7 Å². The Morgan fingerprint density at radius 3 is 2.29 bits per heavy atom. The summed E-state index contributed by atoms with van der Waals surface area (Å²) in [7, 11) is 0. The lowest BCUT2D eigenvalue weighted by molar-refractivity contribution is -0.149. The number of carbonyl (C=O) groups excluding carboxylic acids is 2. The Labute approximate surface area is 204 Å². The number of fused-ring (bicyclic) bond motifs is 3. The molecule has 184 valence electrons. The largest absolute Gasteiger partial charge is 0.481 e. The highest BCUT2D eigenvalue weighted by molar-refractivity contribution is 5.90. The molecular weight excluding hydrogens is 448 g/mol. The van der Waals surface area contributed by atoms with Crippen LogP contribution in [0.3, 0.4) is 0 Å². The first-order valence-corrected chi connectivity index (χ1v) is 12.2. The van der Waals surface area contributed by atoms with Crippen LogP contribution in [0.2, 0.25) is 0 Å². The highest BCUT2D eigenvalue weighted by Gasteiger charge is 2.46. The third-order valence-electron chi connectivity index (χ3n) is 7.50. The minimum Gasteiger partial charge on any atom is -0.481 e. The quantitative estimate of drug-likeness (QED) is 0.683. The standard InChI is InChI=1S/C27H30N2O6/c30-24(31)18-6-5-13-29(16-18)25(32)27(11-14-34-15-12-27)28-26(33)35-17-23-21-9-3-1-7-19(21)20-8-2-4-10-22(20)23/h1-4,7-10,18,23H,5-6,11-17H2,(H,28,33)(H,30,31)/t18-/m1/s1. The van der Waals surface area contributed by atoms with Crippen molar-refractivity contribution in [3.63, 3.8) is 0 Å². The van der Waals surface area contributed by atoms with Gasteiger partial charge in [-0.15, -0.1) is 0 Å². The van der Waals surface area contributed by atoms with Gasteiger partial charge < -0.3 is 24.8 Å². The van der Waals surface area contributed by atoms with E-state index in [1.807, 2.05) is 24.3 Å². The molecule has 2 aromatic rings. The number of carbonyl (C=O) groups is 3. The van der Waals surface area contributed by atoms with E-state index < -0.39 is 23.5 Å². The second kappa shape index (κ2) is 9.70. The molecule has 8 heteroatoms. The molecule has 2 fully saturated rings. The zero-order valence-electron chi connectivity index (χ0n) is 19.6. The van der Waals surface area contributed by atoms with Crippen molar-refractivity contribution in [1.82, 2.24) is 10.2 Å². The van der Waals surface area contributed by atoms with E-state index in [0.29, 0.717) is 45.4 Å². The molecule has 2 heterocycles. The Morgan fingerprint density at radius 2 is 1.66 bits per heavy atom. The molecule has 35 heavy (non-hydrogen) atoms. The molecule has 0 spiro atoms. The van der Waals surface area contributed by atoms with Crippen molar-refractivity contribution in [2.75, 3.05) is 32.9 Å². The van der Waals surface area contributed by atoms with Crippen molar-refractivity contribution < 1.29 is 29.0 Å². The van der Waals surface area contributed by atoms with Gasteiger partial charge in [0.25, 0.3) is 0 Å². The number of nitrogens with zero attached hydrogens (tertiary/aromatic N) is 1. The fraction of sp³-hybridized carbons (Fsp3) is 0.444. The lowest BCUT2D eigenvalue weighted by atomic mass is 9.87. The second-order valence-corrected chi connectivity index (χ2v) is 9.57. The van der Waals surface area contributed by atoms with Crippen molar-refractivity contribution in [3.05, 3.63) is 59.7 Å². The summed E-state index contributed by atoms with van der Waals surface area (Å²) in [5.74, 6) is -1.81. The molecule has 0 bridgehead atoms. The zero-order chi connectivity index (χ0) is 24.4. The molecule has 0 saturated carbocycles. The number of aliphatic carboxylic acids is 1. The number of hydrogen-bond acceptors (Lipinski definition) is 5. The SMILES string of the molecule is O=C(NC1(C(=O)N2CCC[C@@H](C(=O)O)C2)CCOCC1)OCC1c2ccccc2-c2ccccc21. The van der Waals surface area contributed by atoms with E-state index in [4.69, 9.17) is 9.47 Å². The van der Waals surface area contributed by atoms with Crippen molar-refractivity contribution in [2.45, 2.75) is 37.1 Å². The smallest absolute Gasteiger partial charge is 0.408 e. The van der Waals surface area contributed by atoms with Crippen LogP contribution in [-0.2, 0) is 19.1 Å². The average Bonchev–Trinajstić information content (AvgIpc) is 3.21. The lowest BCUT2D eigenvalue weighted by Gasteiger charge is -2.41. The number of rotatable bonds is 5. The van der Waals surface area contributed by atoms with Gasteiger partial charge in [0, 0.05) is 45.1 Å². The molecule has 1 aliphatic carbocycles. The van der Waals surface area contributed by atoms with Crippen molar-refractivity contribution in [1.29, 1.82) is 0 Å². The molecular formula is C27H30N2O6. The second-order valence-electron chi connectivity index (χ2n) is 9.57. The van der Waals surface area contributed by atoms with Gasteiger partial charge in [0.05, 0.1) is 5.92 Å². The first kappa shape index (κ1) is 23.4. The van der Waals surface area contributed by atoms with Gasteiger partial charge in [-0.1, -0.05) is 48.5 Å². The van der Waals surface area contributed by atoms with Gasteiger partial charge in [-0.2, -0.15) is 0 Å². The summed E-state index contributed by atoms with van der Waals surface area (Å²) in [5.41, 5.74) is 3.37. The number of amides is 2. The average molecular weight is 479 g/mol. The zero-order valence-corrected chi connectivity index (χ0v) is 19.6. The van der Waals surface area contributed by atoms with Gasteiger partial charge in [0.15, 0.2) is 0 Å². The van der Waals surface area contributed by atoms with E-state index in [2.05, 4.69) is 29.6 Å². The molecule has 0 radical (unpaired) electrons. The van der Waals surface area contributed by atoms with Crippen LogP contribution >= 0.6 is 0 Å². The Bertz CT molecular complexity index is 1080. The maximum atomic E-state index is 13.6. The van der Waals surface area contributed by atoms with Crippen LogP contribution in [0.4, 0.5) is 4.79 Å². The Hall–Kier alpha value is -3.39. The fourth-order valence-corrected chi connectivity index (χ4v) is 5.61. The number of likely N-dealkylation sites (tertiary alicyclic amines) is 1. The summed E-state index contributed by atoms with van der Waals surface area (Å²) in [5, 5.41) is 12.3. The molecule has 2 amide bonds. The molecule has 2 saturated heterocycles. The summed E-state index contributed by atoms with van der Waals surface area (Å²) in [6, 6.07) is 16.2. The predicted octanol–water partition coefficient (Wildman–Crippen LogP) is 3.40. The predicted molar refractivity (Wildman–Crippen MR) is 128 cm³/mol. The topological polar surface area (TPSA) is 105 Å². The van der Waals surface area contributed by atoms with E-state index in [9.17, 15) is 19.5 Å². The molecule has 5 rings (SSSR count). The number of alkyl carbamates (subject to hydrolysis) is 1. The van der Waals surface area contributed by atoms with Crippen LogP contribution in [0.5, 0.6) is 0 Å². The Morgan fingerprint density at radius 1 is 1.03 bits per heavy atom. The normalized spacial score (nSPS) is 21.0. The van der Waals surface area contributed by atoms with Gasteiger partial charge in [-0.3, -0.25) is 9.59 Å². The summed E-state index contributed by atoms with van der Waals surface area (Å²) < 4.78 is 11.2. The number of benzene rings is 2. The molecule has 0 aromatic heterocycles. The molecule has 2 aliphatic heterocycles. The summed E-state index contributed by atoms with van der Waals surface area (Å²) in [6.07, 6.45) is 1.18. The number of piperidine rings is 1. The first-order valence-electron chi connectivity index (χ1n) is 12.2. The third-order valence-corrected chi connectivity index (χ3v) is 7.50. The van der Waals surface area contributed by atoms with E-state index in [1.54, 1.807) is 4.90 Å². The molecule has 3 aliphatic rings. The summed E-state index contributed by atoms with van der Waals surface area (Å²) >= 11 is 0. The monoisotopic (exact) mass is 478 g/mol. The molecule has 8 nitrogen and oxygen atoms in total. The van der Waals surface area contributed by atoms with Gasteiger partial charge in [0.2, 0.25) is 5.91 Å². The number of carboxylic acids is 1. The summed E-state index contributed by atoms with van der Waals surface area (Å²) in [4.78, 5) is 39.7. The van der Waals surface area contributed by atoms with Crippen molar-refractivity contribution >= 4 is 18.0 Å². The van der Waals surface area contributed by atoms with E-state index in [0.717, 1.165) is 22.3 Å². The van der Waals surface area contributed by atoms with Crippen molar-refractivity contribution in [3.8, 4) is 11.1 Å². The van der Waals surface area contributed by atoms with Crippen LogP contribution in [-0.4, -0.2) is 66.4 Å². The van der Waals surface area contributed by atoms with Crippen LogP contribution in [0.25, 0.3) is 11.1 Å². The number of ether oxygens (including phenoxy) is 2. The maximum Gasteiger partial charge on any atom is 0.408 e. The number of hydrogen-bond donors (Lipinski definition) is 2. The number of nitrogens with one attached hydrogen (secondary N) is 1. The van der Waals surface area contributed by atoms with Crippen LogP contribution in [0.15, 0.2) is 48.5 Å². The minimum absolute atomic E-state index is 0.0760. The van der Waals surface area contributed by atoms with E-state index in [1.165, 1.54) is 0 Å². The van der Waals surface area contributed by atoms with E-state index in [-0.39, 0.29) is 25.0 Å². The highest BCUT2D eigenvalue weighted by atomic mass is 16.5. The van der Waals surface area contributed by atoms with Gasteiger partial charge in [0.1, 0.15) is 12.1 Å². The summed E-state index contributed by atoms with van der Waals surface area (Å²) in [6.45, 7) is 1.48. The van der Waals surface area contributed by atoms with Gasteiger partial charge in [-0.25, -0.2) is 4.79 Å². The van der Waals surface area contributed by atoms with Crippen LogP contribution < -0.4 is 5.32 Å². The van der Waals surface area contributed by atoms with Gasteiger partial charge in [-0.05, 0) is 35.1 Å². The number of carboxylic acid groups (broad SMARTS) is 1. The maximum absolute atomic E-state index is 13.6. The first-order chi connectivity index (χ1) is 17.0. The lowest BCUT2D eigenvalue weighted by Crippen LogP contribution is -2.63. The molecule has 2 aromatic carbocycles. The molecule has 2 N–H and O–H groups in total. The third kappa shape index (κ3) is 4.50. The molecule has 1 atom stereocenters. The van der Waals surface area contributed by atoms with Crippen LogP contribution in [0, 0.1) is 5.92 Å². The highest BCUT2D eigenvalue weighted by Crippen LogP contribution is 2.44. The Balaban J connectivity index is 1.29. The van der Waals surface area contributed by atoms with Gasteiger partial charge >= 0.3 is 12.1 Å². The van der Waals surface area contributed by atoms with E-state index >= 15 is 0 Å².